The lowest BCUT2D eigenvalue weighted by Gasteiger charge is -2.08. The Labute approximate surface area is 109 Å². The van der Waals surface area contributed by atoms with Crippen LogP contribution >= 0.6 is 0 Å². The fourth-order valence-electron chi connectivity index (χ4n) is 1.67. The van der Waals surface area contributed by atoms with Crippen LogP contribution in [0.15, 0.2) is 27.6 Å². The summed E-state index contributed by atoms with van der Waals surface area (Å²) in [6, 6.07) is 3.56. The highest BCUT2D eigenvalue weighted by molar-refractivity contribution is 7.92. The number of aryl methyl sites for hydroxylation is 2. The molecule has 19 heavy (non-hydrogen) atoms. The molecule has 0 fully saturated rings. The van der Waals surface area contributed by atoms with Gasteiger partial charge >= 0.3 is 0 Å². The zero-order chi connectivity index (χ0) is 14.2. The second-order valence-electron chi connectivity index (χ2n) is 4.00. The topological polar surface area (TPSA) is 98.2 Å². The molecule has 1 aromatic carbocycles. The summed E-state index contributed by atoms with van der Waals surface area (Å²) in [7, 11) is -3.85. The van der Waals surface area contributed by atoms with Crippen molar-refractivity contribution in [3.63, 3.8) is 0 Å². The van der Waals surface area contributed by atoms with Crippen LogP contribution in [0.1, 0.15) is 11.5 Å². The van der Waals surface area contributed by atoms with Gasteiger partial charge < -0.3 is 10.3 Å². The van der Waals surface area contributed by atoms with Gasteiger partial charge in [0.05, 0.1) is 11.4 Å². The second-order valence-corrected chi connectivity index (χ2v) is 5.61. The zero-order valence-corrected chi connectivity index (χ0v) is 11.1. The van der Waals surface area contributed by atoms with Gasteiger partial charge in [-0.05, 0) is 32.0 Å². The number of hydrogen-bond acceptors (Lipinski definition) is 5. The lowest BCUT2D eigenvalue weighted by Crippen LogP contribution is -2.14. The van der Waals surface area contributed by atoms with E-state index in [0.29, 0.717) is 0 Å². The Morgan fingerprint density at radius 1 is 1.37 bits per heavy atom. The van der Waals surface area contributed by atoms with Crippen LogP contribution in [0.5, 0.6) is 0 Å². The summed E-state index contributed by atoms with van der Waals surface area (Å²) in [5, 5.41) is 3.58. The summed E-state index contributed by atoms with van der Waals surface area (Å²) in [5.74, 6) is -0.430. The van der Waals surface area contributed by atoms with Crippen molar-refractivity contribution in [3.8, 4) is 0 Å². The molecule has 0 amide bonds. The minimum Gasteiger partial charge on any atom is -0.396 e. The number of nitrogens with two attached hydrogens (primary N) is 1. The fourth-order valence-corrected chi connectivity index (χ4v) is 3.05. The number of benzene rings is 1. The number of aromatic nitrogens is 1. The van der Waals surface area contributed by atoms with Gasteiger partial charge in [-0.15, -0.1) is 0 Å². The molecule has 102 valence electrons. The average molecular weight is 285 g/mol. The first kappa shape index (κ1) is 13.3. The zero-order valence-electron chi connectivity index (χ0n) is 10.3. The molecule has 0 aliphatic rings. The van der Waals surface area contributed by atoms with E-state index < -0.39 is 15.8 Å². The third-order valence-corrected chi connectivity index (χ3v) is 4.11. The molecular weight excluding hydrogens is 273 g/mol. The first-order chi connectivity index (χ1) is 8.81. The minimum absolute atomic E-state index is 0.0320. The van der Waals surface area contributed by atoms with Crippen LogP contribution in [0.3, 0.4) is 0 Å². The average Bonchev–Trinajstić information content (AvgIpc) is 2.64. The molecule has 8 heteroatoms. The summed E-state index contributed by atoms with van der Waals surface area (Å²) in [6.07, 6.45) is 0. The van der Waals surface area contributed by atoms with Gasteiger partial charge in [0.25, 0.3) is 10.0 Å². The van der Waals surface area contributed by atoms with E-state index in [0.717, 1.165) is 6.07 Å². The van der Waals surface area contributed by atoms with Crippen LogP contribution in [-0.2, 0) is 10.0 Å². The number of sulfonamides is 1. The third kappa shape index (κ3) is 2.53. The van der Waals surface area contributed by atoms with Gasteiger partial charge in [-0.25, -0.2) is 12.8 Å². The molecule has 1 aromatic heterocycles. The number of hydrogen-bond donors (Lipinski definition) is 2. The maximum absolute atomic E-state index is 13.0. The van der Waals surface area contributed by atoms with Gasteiger partial charge in [-0.3, -0.25) is 4.72 Å². The highest BCUT2D eigenvalue weighted by Gasteiger charge is 2.24. The highest BCUT2D eigenvalue weighted by Crippen LogP contribution is 2.24. The van der Waals surface area contributed by atoms with Crippen molar-refractivity contribution in [3.05, 3.63) is 35.5 Å². The molecule has 0 radical (unpaired) electrons. The van der Waals surface area contributed by atoms with Gasteiger partial charge in [-0.1, -0.05) is 5.16 Å². The van der Waals surface area contributed by atoms with E-state index >= 15 is 0 Å². The molecule has 0 unspecified atom stereocenters. The lowest BCUT2D eigenvalue weighted by atomic mass is 10.3. The predicted molar refractivity (Wildman–Crippen MR) is 67.6 cm³/mol. The van der Waals surface area contributed by atoms with Crippen LogP contribution in [0.2, 0.25) is 0 Å². The number of nitrogens with one attached hydrogen (secondary N) is 1. The van der Waals surface area contributed by atoms with Crippen LogP contribution < -0.4 is 10.5 Å². The van der Waals surface area contributed by atoms with E-state index in [9.17, 15) is 12.8 Å². The Bertz CT molecular complexity index is 705. The molecule has 0 aliphatic carbocycles. The highest BCUT2D eigenvalue weighted by atomic mass is 32.2. The Morgan fingerprint density at radius 3 is 2.58 bits per heavy atom. The maximum atomic E-state index is 13.0. The monoisotopic (exact) mass is 285 g/mol. The summed E-state index contributed by atoms with van der Waals surface area (Å²) in [5.41, 5.74) is 5.65. The number of rotatable bonds is 3. The van der Waals surface area contributed by atoms with Gasteiger partial charge in [0.1, 0.15) is 11.5 Å². The number of nitrogen functional groups attached to an aromatic ring is 1. The van der Waals surface area contributed by atoms with E-state index in [4.69, 9.17) is 10.3 Å². The molecule has 0 saturated carbocycles. The SMILES string of the molecule is Cc1noc(C)c1S(=O)(=O)Nc1ccc(F)c(N)c1. The molecule has 2 aromatic rings. The van der Waals surface area contributed by atoms with Crippen molar-refractivity contribution in [2.75, 3.05) is 10.5 Å². The Balaban J connectivity index is 2.39. The van der Waals surface area contributed by atoms with E-state index in [1.165, 1.54) is 26.0 Å². The van der Waals surface area contributed by atoms with Gasteiger partial charge in [-0.2, -0.15) is 0 Å². The third-order valence-electron chi connectivity index (χ3n) is 2.48. The van der Waals surface area contributed by atoms with Crippen LogP contribution in [0, 0.1) is 19.7 Å². The largest absolute Gasteiger partial charge is 0.396 e. The van der Waals surface area contributed by atoms with Crippen LogP contribution in [0.4, 0.5) is 15.8 Å². The molecular formula is C11H12FN3O3S. The molecule has 0 aliphatic heterocycles. The summed E-state index contributed by atoms with van der Waals surface area (Å²) in [4.78, 5) is -0.0320. The molecule has 3 N–H and O–H groups in total. The fraction of sp³-hybridized carbons (Fsp3) is 0.182. The molecule has 2 rings (SSSR count). The first-order valence-electron chi connectivity index (χ1n) is 5.32. The Morgan fingerprint density at radius 2 is 2.05 bits per heavy atom. The van der Waals surface area contributed by atoms with E-state index in [2.05, 4.69) is 9.88 Å². The lowest BCUT2D eigenvalue weighted by molar-refractivity contribution is 0.390. The van der Waals surface area contributed by atoms with Crippen molar-refractivity contribution in [2.45, 2.75) is 18.7 Å². The quantitative estimate of drug-likeness (QED) is 0.838. The van der Waals surface area contributed by atoms with Crippen molar-refractivity contribution >= 4 is 21.4 Å². The smallest absolute Gasteiger partial charge is 0.267 e. The standard InChI is InChI=1S/C11H12FN3O3S/c1-6-11(7(2)18-14-6)19(16,17)15-8-3-4-9(12)10(13)5-8/h3-5,15H,13H2,1-2H3. The van der Waals surface area contributed by atoms with Crippen molar-refractivity contribution < 1.29 is 17.3 Å². The van der Waals surface area contributed by atoms with Crippen molar-refractivity contribution in [1.29, 1.82) is 0 Å². The number of nitrogens with zero attached hydrogens (tertiary/aromatic N) is 1. The van der Waals surface area contributed by atoms with Crippen LogP contribution in [0.25, 0.3) is 0 Å². The first-order valence-corrected chi connectivity index (χ1v) is 6.80. The normalized spacial score (nSPS) is 11.5. The summed E-state index contributed by atoms with van der Waals surface area (Å²) < 4.78 is 44.4. The molecule has 6 nitrogen and oxygen atoms in total. The summed E-state index contributed by atoms with van der Waals surface area (Å²) in [6.45, 7) is 3.01. The Hall–Kier alpha value is -2.09. The van der Waals surface area contributed by atoms with Crippen LogP contribution in [-0.4, -0.2) is 13.6 Å². The van der Waals surface area contributed by atoms with E-state index in [1.807, 2.05) is 0 Å². The molecule has 0 bridgehead atoms. The Kier molecular flexibility index (Phi) is 3.19. The van der Waals surface area contributed by atoms with Crippen molar-refractivity contribution in [2.24, 2.45) is 0 Å². The number of anilines is 2. The van der Waals surface area contributed by atoms with Gasteiger partial charge in [0.2, 0.25) is 0 Å². The molecule has 0 spiro atoms. The van der Waals surface area contributed by atoms with Gasteiger partial charge in [0, 0.05) is 0 Å². The summed E-state index contributed by atoms with van der Waals surface area (Å²) >= 11 is 0. The molecule has 0 atom stereocenters. The van der Waals surface area contributed by atoms with E-state index in [-0.39, 0.29) is 27.7 Å². The maximum Gasteiger partial charge on any atom is 0.267 e. The molecule has 1 heterocycles. The van der Waals surface area contributed by atoms with Crippen molar-refractivity contribution in [1.82, 2.24) is 5.16 Å². The predicted octanol–water partition coefficient (Wildman–Crippen LogP) is 1.81. The minimum atomic E-state index is -3.85. The number of halogens is 1. The van der Waals surface area contributed by atoms with Gasteiger partial charge in [0.15, 0.2) is 10.7 Å². The van der Waals surface area contributed by atoms with E-state index in [1.54, 1.807) is 0 Å². The second kappa shape index (κ2) is 4.54. The molecule has 0 saturated heterocycles.